The zero-order valence-electron chi connectivity index (χ0n) is 14.6. The van der Waals surface area contributed by atoms with Crippen molar-refractivity contribution in [3.8, 4) is 11.3 Å². The smallest absolute Gasteiger partial charge is 0.220 e. The number of nitrogen functional groups attached to an aromatic ring is 1. The average Bonchev–Trinajstić information content (AvgIpc) is 2.58. The second-order valence-electron chi connectivity index (χ2n) is 7.45. The molecule has 0 spiro atoms. The Morgan fingerprint density at radius 3 is 2.67 bits per heavy atom. The van der Waals surface area contributed by atoms with E-state index >= 15 is 0 Å². The molecular weight excluding hydrogens is 296 g/mol. The number of anilines is 1. The molecule has 0 unspecified atom stereocenters. The summed E-state index contributed by atoms with van der Waals surface area (Å²) in [4.78, 5) is 11.6. The topological polar surface area (TPSA) is 55.0 Å². The number of rotatable bonds is 3. The first-order valence-corrected chi connectivity index (χ1v) is 9.02. The standard InChI is InChI=1S/C20H26N4/c1-13-4-3-5-18(14(13)2)19-11-17(22-20(21)23-19)10-16-12-24-8-6-15(16)7-9-24/h3-5,11,15-16H,6-10,12H2,1-2H3,(H2,21,22,23)/t16-/m1/s1. The molecule has 0 saturated carbocycles. The van der Waals surface area contributed by atoms with Crippen LogP contribution in [0.3, 0.4) is 0 Å². The molecule has 4 nitrogen and oxygen atoms in total. The van der Waals surface area contributed by atoms with Crippen molar-refractivity contribution >= 4 is 5.95 Å². The summed E-state index contributed by atoms with van der Waals surface area (Å²) in [5.74, 6) is 1.97. The van der Waals surface area contributed by atoms with E-state index in [1.165, 1.54) is 49.2 Å². The van der Waals surface area contributed by atoms with Gasteiger partial charge in [-0.1, -0.05) is 18.2 Å². The minimum atomic E-state index is 0.393. The van der Waals surface area contributed by atoms with Crippen LogP contribution in [0.2, 0.25) is 0 Å². The fourth-order valence-corrected chi connectivity index (χ4v) is 4.38. The van der Waals surface area contributed by atoms with Gasteiger partial charge in [0, 0.05) is 17.8 Å². The number of aromatic nitrogens is 2. The molecule has 2 N–H and O–H groups in total. The van der Waals surface area contributed by atoms with Gasteiger partial charge in [-0.2, -0.15) is 0 Å². The Morgan fingerprint density at radius 2 is 1.96 bits per heavy atom. The summed E-state index contributed by atoms with van der Waals surface area (Å²) < 4.78 is 0. The maximum Gasteiger partial charge on any atom is 0.220 e. The van der Waals surface area contributed by atoms with Gasteiger partial charge in [0.05, 0.1) is 5.69 Å². The Hall–Kier alpha value is -1.94. The summed E-state index contributed by atoms with van der Waals surface area (Å²) in [6.07, 6.45) is 3.70. The van der Waals surface area contributed by atoms with E-state index in [0.717, 1.165) is 23.7 Å². The van der Waals surface area contributed by atoms with E-state index in [0.29, 0.717) is 11.9 Å². The molecule has 5 rings (SSSR count). The third-order valence-electron chi connectivity index (χ3n) is 5.94. The maximum atomic E-state index is 6.03. The summed E-state index contributed by atoms with van der Waals surface area (Å²) >= 11 is 0. The van der Waals surface area contributed by atoms with Crippen LogP contribution in [-0.4, -0.2) is 34.5 Å². The van der Waals surface area contributed by atoms with Crippen molar-refractivity contribution < 1.29 is 0 Å². The lowest BCUT2D eigenvalue weighted by molar-refractivity contribution is 0.0508. The van der Waals surface area contributed by atoms with Gasteiger partial charge in [-0.25, -0.2) is 9.97 Å². The van der Waals surface area contributed by atoms with Gasteiger partial charge in [0.25, 0.3) is 0 Å². The second kappa shape index (κ2) is 6.17. The van der Waals surface area contributed by atoms with Crippen molar-refractivity contribution in [1.29, 1.82) is 0 Å². The van der Waals surface area contributed by atoms with Crippen molar-refractivity contribution in [2.45, 2.75) is 33.1 Å². The van der Waals surface area contributed by atoms with Gasteiger partial charge in [-0.3, -0.25) is 0 Å². The highest BCUT2D eigenvalue weighted by atomic mass is 15.1. The summed E-state index contributed by atoms with van der Waals surface area (Å²) in [6, 6.07) is 8.50. The zero-order chi connectivity index (χ0) is 16.7. The Balaban J connectivity index is 1.63. The molecule has 3 aliphatic heterocycles. The van der Waals surface area contributed by atoms with Crippen LogP contribution in [-0.2, 0) is 6.42 Å². The van der Waals surface area contributed by atoms with E-state index < -0.39 is 0 Å². The molecule has 0 aliphatic carbocycles. The molecule has 1 aromatic carbocycles. The van der Waals surface area contributed by atoms with Gasteiger partial charge in [0.15, 0.2) is 0 Å². The molecule has 2 bridgehead atoms. The fourth-order valence-electron chi connectivity index (χ4n) is 4.38. The van der Waals surface area contributed by atoms with Crippen molar-refractivity contribution in [1.82, 2.24) is 14.9 Å². The molecule has 4 heteroatoms. The van der Waals surface area contributed by atoms with E-state index in [1.54, 1.807) is 0 Å². The molecule has 3 aliphatic rings. The molecule has 4 heterocycles. The highest BCUT2D eigenvalue weighted by molar-refractivity contribution is 5.66. The van der Waals surface area contributed by atoms with E-state index in [2.05, 4.69) is 53.0 Å². The summed E-state index contributed by atoms with van der Waals surface area (Å²) in [5, 5.41) is 0. The first kappa shape index (κ1) is 15.6. The van der Waals surface area contributed by atoms with Crippen LogP contribution in [0.4, 0.5) is 5.95 Å². The minimum absolute atomic E-state index is 0.393. The van der Waals surface area contributed by atoms with Crippen LogP contribution in [0.1, 0.15) is 29.7 Å². The Bertz CT molecular complexity index is 747. The van der Waals surface area contributed by atoms with Crippen molar-refractivity contribution in [3.63, 3.8) is 0 Å². The highest BCUT2D eigenvalue weighted by Gasteiger charge is 2.34. The summed E-state index contributed by atoms with van der Waals surface area (Å²) in [6.45, 7) is 8.06. The van der Waals surface area contributed by atoms with E-state index in [4.69, 9.17) is 5.73 Å². The maximum absolute atomic E-state index is 6.03. The molecule has 3 saturated heterocycles. The molecule has 2 aromatic rings. The number of hydrogen-bond acceptors (Lipinski definition) is 4. The van der Waals surface area contributed by atoms with Gasteiger partial charge in [0.2, 0.25) is 5.95 Å². The summed E-state index contributed by atoms with van der Waals surface area (Å²) in [5.41, 5.74) is 11.8. The number of piperidine rings is 3. The monoisotopic (exact) mass is 322 g/mol. The molecular formula is C20H26N4. The normalized spacial score (nSPS) is 25.8. The van der Waals surface area contributed by atoms with Gasteiger partial charge in [-0.05, 0) is 75.2 Å². The van der Waals surface area contributed by atoms with Crippen LogP contribution in [0.15, 0.2) is 24.3 Å². The lowest BCUT2D eigenvalue weighted by Crippen LogP contribution is -2.48. The number of nitrogens with two attached hydrogens (primary N) is 1. The molecule has 3 fully saturated rings. The van der Waals surface area contributed by atoms with Crippen LogP contribution >= 0.6 is 0 Å². The quantitative estimate of drug-likeness (QED) is 0.942. The SMILES string of the molecule is Cc1cccc(-c2cc(C[C@@H]3CN4CCC3CC4)nc(N)n2)c1C. The average molecular weight is 322 g/mol. The molecule has 24 heavy (non-hydrogen) atoms. The van der Waals surface area contributed by atoms with Crippen LogP contribution < -0.4 is 5.73 Å². The highest BCUT2D eigenvalue weighted by Crippen LogP contribution is 2.34. The summed E-state index contributed by atoms with van der Waals surface area (Å²) in [7, 11) is 0. The predicted molar refractivity (Wildman–Crippen MR) is 97.7 cm³/mol. The van der Waals surface area contributed by atoms with Gasteiger partial charge in [-0.15, -0.1) is 0 Å². The number of hydrogen-bond donors (Lipinski definition) is 1. The van der Waals surface area contributed by atoms with Crippen molar-refractivity contribution in [2.75, 3.05) is 25.4 Å². The van der Waals surface area contributed by atoms with Crippen LogP contribution in [0.25, 0.3) is 11.3 Å². The minimum Gasteiger partial charge on any atom is -0.368 e. The first-order valence-electron chi connectivity index (χ1n) is 9.02. The Labute approximate surface area is 144 Å². The molecule has 1 atom stereocenters. The Morgan fingerprint density at radius 1 is 1.17 bits per heavy atom. The van der Waals surface area contributed by atoms with Gasteiger partial charge >= 0.3 is 0 Å². The van der Waals surface area contributed by atoms with E-state index in [-0.39, 0.29) is 0 Å². The van der Waals surface area contributed by atoms with E-state index in [1.807, 2.05) is 0 Å². The lowest BCUT2D eigenvalue weighted by atomic mass is 9.77. The first-order chi connectivity index (χ1) is 11.6. The Kier molecular flexibility index (Phi) is 4.01. The molecule has 1 aromatic heterocycles. The van der Waals surface area contributed by atoms with Crippen molar-refractivity contribution in [2.24, 2.45) is 11.8 Å². The lowest BCUT2D eigenvalue weighted by Gasteiger charge is -2.44. The number of fused-ring (bicyclic) bond motifs is 3. The van der Waals surface area contributed by atoms with Crippen LogP contribution in [0, 0.1) is 25.7 Å². The van der Waals surface area contributed by atoms with Gasteiger partial charge in [0.1, 0.15) is 0 Å². The zero-order valence-corrected chi connectivity index (χ0v) is 14.6. The number of aryl methyl sites for hydroxylation is 1. The molecule has 0 radical (unpaired) electrons. The number of nitrogens with zero attached hydrogens (tertiary/aromatic N) is 3. The van der Waals surface area contributed by atoms with Crippen molar-refractivity contribution in [3.05, 3.63) is 41.1 Å². The van der Waals surface area contributed by atoms with Gasteiger partial charge < -0.3 is 10.6 Å². The predicted octanol–water partition coefficient (Wildman–Crippen LogP) is 3.23. The number of benzene rings is 1. The second-order valence-corrected chi connectivity index (χ2v) is 7.45. The van der Waals surface area contributed by atoms with Crippen LogP contribution in [0.5, 0.6) is 0 Å². The molecule has 0 amide bonds. The largest absolute Gasteiger partial charge is 0.368 e. The third kappa shape index (κ3) is 2.91. The molecule has 126 valence electrons. The third-order valence-corrected chi connectivity index (χ3v) is 5.94. The van der Waals surface area contributed by atoms with E-state index in [9.17, 15) is 0 Å². The fraction of sp³-hybridized carbons (Fsp3) is 0.500.